The highest BCUT2D eigenvalue weighted by atomic mass is 32.1. The van der Waals surface area contributed by atoms with Gasteiger partial charge in [0.05, 0.1) is 23.9 Å². The Bertz CT molecular complexity index is 520. The normalized spacial score (nSPS) is 26.0. The van der Waals surface area contributed by atoms with E-state index in [1.165, 1.54) is 9.88 Å². The molecule has 1 aromatic heterocycles. The zero-order valence-electron chi connectivity index (χ0n) is 13.0. The van der Waals surface area contributed by atoms with Gasteiger partial charge in [-0.15, -0.1) is 11.3 Å². The second-order valence-electron chi connectivity index (χ2n) is 6.42. The summed E-state index contributed by atoms with van der Waals surface area (Å²) in [5.41, 5.74) is 1.32. The fraction of sp³-hybridized carbons (Fsp3) is 0.750. The van der Waals surface area contributed by atoms with Crippen LogP contribution in [0.25, 0.3) is 0 Å². The van der Waals surface area contributed by atoms with E-state index in [-0.39, 0.29) is 11.3 Å². The summed E-state index contributed by atoms with van der Waals surface area (Å²) in [5.74, 6) is 0.289. The first-order chi connectivity index (χ1) is 10.1. The van der Waals surface area contributed by atoms with Crippen molar-refractivity contribution in [2.45, 2.75) is 52.5 Å². The molecule has 2 fully saturated rings. The molecule has 1 spiro atoms. The minimum Gasteiger partial charge on any atom is -0.381 e. The van der Waals surface area contributed by atoms with Gasteiger partial charge in [-0.25, -0.2) is 4.98 Å². The van der Waals surface area contributed by atoms with Crippen LogP contribution < -0.4 is 0 Å². The molecule has 0 aliphatic carbocycles. The summed E-state index contributed by atoms with van der Waals surface area (Å²) >= 11 is 1.77. The number of ether oxygens (including phenoxy) is 1. The van der Waals surface area contributed by atoms with Gasteiger partial charge in [0.2, 0.25) is 5.91 Å². The minimum absolute atomic E-state index is 0.221. The van der Waals surface area contributed by atoms with E-state index >= 15 is 0 Å². The maximum atomic E-state index is 12.3. The van der Waals surface area contributed by atoms with Gasteiger partial charge in [0.15, 0.2) is 0 Å². The lowest BCUT2D eigenvalue weighted by molar-refractivity contribution is -0.138. The van der Waals surface area contributed by atoms with Gasteiger partial charge in [-0.05, 0) is 32.6 Å². The smallest absolute Gasteiger partial charge is 0.222 e. The van der Waals surface area contributed by atoms with Crippen LogP contribution >= 0.6 is 11.3 Å². The Labute approximate surface area is 130 Å². The molecule has 1 amide bonds. The van der Waals surface area contributed by atoms with E-state index in [1.54, 1.807) is 11.3 Å². The third kappa shape index (κ3) is 3.14. The summed E-state index contributed by atoms with van der Waals surface area (Å²) in [7, 11) is 0. The predicted molar refractivity (Wildman–Crippen MR) is 83.4 cm³/mol. The van der Waals surface area contributed by atoms with Crippen molar-refractivity contribution >= 4 is 17.2 Å². The second kappa shape index (κ2) is 6.05. The van der Waals surface area contributed by atoms with Gasteiger partial charge in [-0.3, -0.25) is 4.79 Å². The molecule has 2 saturated heterocycles. The first-order valence-electron chi connectivity index (χ1n) is 7.92. The highest BCUT2D eigenvalue weighted by molar-refractivity contribution is 7.11. The molecule has 1 atom stereocenters. The van der Waals surface area contributed by atoms with E-state index in [1.807, 2.05) is 4.90 Å². The van der Waals surface area contributed by atoms with Crippen LogP contribution in [0.3, 0.4) is 0 Å². The van der Waals surface area contributed by atoms with Crippen molar-refractivity contribution in [3.8, 4) is 0 Å². The fourth-order valence-electron chi connectivity index (χ4n) is 3.35. The molecule has 3 heterocycles. The lowest BCUT2D eigenvalue weighted by Crippen LogP contribution is -2.46. The van der Waals surface area contributed by atoms with Gasteiger partial charge in [-0.1, -0.05) is 6.92 Å². The highest BCUT2D eigenvalue weighted by Gasteiger charge is 2.41. The molecule has 0 N–H and O–H groups in total. The lowest BCUT2D eigenvalue weighted by atomic mass is 9.79. The van der Waals surface area contributed by atoms with Crippen molar-refractivity contribution in [2.75, 3.05) is 19.8 Å². The quantitative estimate of drug-likeness (QED) is 0.859. The van der Waals surface area contributed by atoms with Gasteiger partial charge >= 0.3 is 0 Å². The van der Waals surface area contributed by atoms with Gasteiger partial charge in [0, 0.05) is 29.9 Å². The summed E-state index contributed by atoms with van der Waals surface area (Å²) < 4.78 is 5.58. The van der Waals surface area contributed by atoms with E-state index in [0.29, 0.717) is 6.42 Å². The van der Waals surface area contributed by atoms with Crippen molar-refractivity contribution < 1.29 is 9.53 Å². The number of carbonyl (C=O) groups excluding carboxylic acids is 1. The SMILES string of the molecule is CCCc1nc(C)c(CN2CC3(CCOC3)CCC2=O)s1. The van der Waals surface area contributed by atoms with Crippen LogP contribution in [0.2, 0.25) is 0 Å². The molecule has 116 valence electrons. The van der Waals surface area contributed by atoms with Gasteiger partial charge < -0.3 is 9.64 Å². The van der Waals surface area contributed by atoms with Crippen molar-refractivity contribution in [1.82, 2.24) is 9.88 Å². The molecule has 0 radical (unpaired) electrons. The number of hydrogen-bond donors (Lipinski definition) is 0. The zero-order chi connectivity index (χ0) is 14.9. The van der Waals surface area contributed by atoms with Crippen LogP contribution in [-0.2, 0) is 22.5 Å². The molecule has 4 nitrogen and oxygen atoms in total. The second-order valence-corrected chi connectivity index (χ2v) is 7.59. The van der Waals surface area contributed by atoms with Crippen molar-refractivity contribution in [2.24, 2.45) is 5.41 Å². The molecule has 5 heteroatoms. The first kappa shape index (κ1) is 15.0. The fourth-order valence-corrected chi connectivity index (χ4v) is 4.53. The van der Waals surface area contributed by atoms with Crippen LogP contribution in [0, 0.1) is 12.3 Å². The summed E-state index contributed by atoms with van der Waals surface area (Å²) in [5, 5.41) is 1.20. The predicted octanol–water partition coefficient (Wildman–Crippen LogP) is 2.93. The lowest BCUT2D eigenvalue weighted by Gasteiger charge is -2.39. The Morgan fingerprint density at radius 2 is 2.29 bits per heavy atom. The van der Waals surface area contributed by atoms with E-state index in [4.69, 9.17) is 4.74 Å². The van der Waals surface area contributed by atoms with Gasteiger partial charge in [0.1, 0.15) is 0 Å². The van der Waals surface area contributed by atoms with Crippen molar-refractivity contribution in [3.63, 3.8) is 0 Å². The Morgan fingerprint density at radius 3 is 3.00 bits per heavy atom. The maximum Gasteiger partial charge on any atom is 0.222 e. The number of piperidine rings is 1. The Kier molecular flexibility index (Phi) is 4.31. The number of hydrogen-bond acceptors (Lipinski definition) is 4. The van der Waals surface area contributed by atoms with Gasteiger partial charge in [-0.2, -0.15) is 0 Å². The van der Waals surface area contributed by atoms with Crippen LogP contribution in [0.5, 0.6) is 0 Å². The molecule has 0 aromatic carbocycles. The summed E-state index contributed by atoms with van der Waals surface area (Å²) in [6, 6.07) is 0. The van der Waals surface area contributed by atoms with E-state index in [0.717, 1.165) is 57.7 Å². The van der Waals surface area contributed by atoms with Crippen LogP contribution in [0.1, 0.15) is 48.2 Å². The molecule has 0 saturated carbocycles. The monoisotopic (exact) mass is 308 g/mol. The number of rotatable bonds is 4. The van der Waals surface area contributed by atoms with E-state index < -0.39 is 0 Å². The number of amides is 1. The van der Waals surface area contributed by atoms with E-state index in [9.17, 15) is 4.79 Å². The van der Waals surface area contributed by atoms with Gasteiger partial charge in [0.25, 0.3) is 0 Å². The molecule has 2 aliphatic rings. The number of aromatic nitrogens is 1. The third-order valence-corrected chi connectivity index (χ3v) is 5.87. The molecule has 3 rings (SSSR count). The third-order valence-electron chi connectivity index (χ3n) is 4.67. The van der Waals surface area contributed by atoms with Crippen LogP contribution in [-0.4, -0.2) is 35.5 Å². The van der Waals surface area contributed by atoms with Crippen LogP contribution in [0.15, 0.2) is 0 Å². The average Bonchev–Trinajstić information content (AvgIpc) is 3.03. The number of nitrogens with zero attached hydrogens (tertiary/aromatic N) is 2. The number of thiazole rings is 1. The Hall–Kier alpha value is -0.940. The topological polar surface area (TPSA) is 42.4 Å². The standard InChI is InChI=1S/C16H24N2O2S/c1-3-4-14-17-12(2)13(21-14)9-18-10-16(6-5-15(18)19)7-8-20-11-16/h3-11H2,1-2H3. The molecule has 21 heavy (non-hydrogen) atoms. The maximum absolute atomic E-state index is 12.3. The summed E-state index contributed by atoms with van der Waals surface area (Å²) in [6.07, 6.45) is 4.92. The molecular weight excluding hydrogens is 284 g/mol. The van der Waals surface area contributed by atoms with Crippen molar-refractivity contribution in [3.05, 3.63) is 15.6 Å². The van der Waals surface area contributed by atoms with E-state index in [2.05, 4.69) is 18.8 Å². The number of aryl methyl sites for hydroxylation is 2. The average molecular weight is 308 g/mol. The number of carbonyl (C=O) groups is 1. The van der Waals surface area contributed by atoms with Crippen molar-refractivity contribution in [1.29, 1.82) is 0 Å². The molecule has 1 unspecified atom stereocenters. The minimum atomic E-state index is 0.221. The Balaban J connectivity index is 1.71. The Morgan fingerprint density at radius 1 is 1.43 bits per heavy atom. The largest absolute Gasteiger partial charge is 0.381 e. The molecule has 0 bridgehead atoms. The molecule has 1 aromatic rings. The zero-order valence-corrected chi connectivity index (χ0v) is 13.8. The van der Waals surface area contributed by atoms with Crippen LogP contribution in [0.4, 0.5) is 0 Å². The highest BCUT2D eigenvalue weighted by Crippen LogP contribution is 2.38. The first-order valence-corrected chi connectivity index (χ1v) is 8.74. The number of likely N-dealkylation sites (tertiary alicyclic amines) is 1. The summed E-state index contributed by atoms with van der Waals surface area (Å²) in [6.45, 7) is 7.49. The molecular formula is C16H24N2O2S. The molecule has 2 aliphatic heterocycles. The summed E-state index contributed by atoms with van der Waals surface area (Å²) in [4.78, 5) is 20.2.